The molecule has 9 heteroatoms. The summed E-state index contributed by atoms with van der Waals surface area (Å²) in [5, 5.41) is 4.93. The van der Waals surface area contributed by atoms with E-state index in [1.165, 1.54) is 18.7 Å². The maximum absolute atomic E-state index is 13.5. The standard InChI is InChI=1S/C35H29N3O5S/c1-22-8-6-9-24(18-22)19-30(37-33(41)26-10-4-3-5-11-26)34(42)36-27-12-7-13-29(20-27)44-31-21-32(40)38(35(31)43)28-16-14-25(15-17-28)23(2)39/h3-20,31H,21H2,1-2H3,(H,36,42)(H,37,41)/b30-19-/t31-/m1/s1. The van der Waals surface area contributed by atoms with Crippen molar-refractivity contribution in [2.75, 3.05) is 10.2 Å². The monoisotopic (exact) mass is 603 g/mol. The van der Waals surface area contributed by atoms with Gasteiger partial charge in [0.2, 0.25) is 11.8 Å². The zero-order chi connectivity index (χ0) is 31.2. The van der Waals surface area contributed by atoms with Gasteiger partial charge in [-0.25, -0.2) is 4.90 Å². The Bertz CT molecular complexity index is 1780. The second-order valence-corrected chi connectivity index (χ2v) is 11.5. The number of aryl methyl sites for hydroxylation is 1. The Morgan fingerprint density at radius 1 is 0.841 bits per heavy atom. The Morgan fingerprint density at radius 3 is 2.27 bits per heavy atom. The van der Waals surface area contributed by atoms with Crippen LogP contribution in [0.4, 0.5) is 11.4 Å². The van der Waals surface area contributed by atoms with E-state index in [4.69, 9.17) is 0 Å². The molecule has 0 aliphatic carbocycles. The number of rotatable bonds is 9. The van der Waals surface area contributed by atoms with Crippen LogP contribution in [-0.2, 0) is 14.4 Å². The van der Waals surface area contributed by atoms with Gasteiger partial charge in [-0.1, -0.05) is 54.1 Å². The number of carbonyl (C=O) groups is 5. The van der Waals surface area contributed by atoms with Crippen LogP contribution in [-0.4, -0.2) is 34.7 Å². The number of Topliss-reactive ketones (excluding diaryl/α,β-unsaturated/α-hetero) is 1. The lowest BCUT2D eigenvalue weighted by Gasteiger charge is -2.15. The van der Waals surface area contributed by atoms with E-state index < -0.39 is 17.1 Å². The molecule has 1 atom stereocenters. The molecule has 0 radical (unpaired) electrons. The SMILES string of the molecule is CC(=O)c1ccc(N2C(=O)C[C@@H](Sc3cccc(NC(=O)/C(=C/c4cccc(C)c4)NC(=O)c4ccccc4)c3)C2=O)cc1. The molecule has 1 heterocycles. The summed E-state index contributed by atoms with van der Waals surface area (Å²) in [5.74, 6) is -1.73. The number of carbonyl (C=O) groups excluding carboxylic acids is 5. The first-order chi connectivity index (χ1) is 21.2. The molecule has 0 bridgehead atoms. The third-order valence-corrected chi connectivity index (χ3v) is 8.07. The summed E-state index contributed by atoms with van der Waals surface area (Å²) in [4.78, 5) is 65.8. The Hall–Kier alpha value is -5.28. The van der Waals surface area contributed by atoms with Crippen LogP contribution in [0.25, 0.3) is 6.08 Å². The summed E-state index contributed by atoms with van der Waals surface area (Å²) in [6, 6.07) is 29.5. The highest BCUT2D eigenvalue weighted by atomic mass is 32.2. The van der Waals surface area contributed by atoms with E-state index in [-0.39, 0.29) is 29.7 Å². The molecule has 1 aliphatic rings. The Labute approximate surface area is 259 Å². The summed E-state index contributed by atoms with van der Waals surface area (Å²) < 4.78 is 0. The fourth-order valence-corrected chi connectivity index (χ4v) is 5.80. The maximum Gasteiger partial charge on any atom is 0.272 e. The van der Waals surface area contributed by atoms with E-state index in [0.717, 1.165) is 16.0 Å². The molecule has 1 aliphatic heterocycles. The third-order valence-electron chi connectivity index (χ3n) is 6.89. The van der Waals surface area contributed by atoms with E-state index in [1.54, 1.807) is 84.9 Å². The van der Waals surface area contributed by atoms with Crippen molar-refractivity contribution in [3.05, 3.63) is 131 Å². The first-order valence-electron chi connectivity index (χ1n) is 13.9. The molecule has 4 aromatic rings. The smallest absolute Gasteiger partial charge is 0.272 e. The molecule has 1 saturated heterocycles. The number of hydrogen-bond donors (Lipinski definition) is 2. The largest absolute Gasteiger partial charge is 0.321 e. The number of anilines is 2. The lowest BCUT2D eigenvalue weighted by atomic mass is 10.1. The molecule has 44 heavy (non-hydrogen) atoms. The molecule has 220 valence electrons. The van der Waals surface area contributed by atoms with Gasteiger partial charge in [-0.05, 0) is 80.1 Å². The van der Waals surface area contributed by atoms with Gasteiger partial charge < -0.3 is 10.6 Å². The van der Waals surface area contributed by atoms with Crippen molar-refractivity contribution < 1.29 is 24.0 Å². The summed E-state index contributed by atoms with van der Waals surface area (Å²) in [6.07, 6.45) is 1.63. The lowest BCUT2D eigenvalue weighted by Crippen LogP contribution is -2.31. The van der Waals surface area contributed by atoms with Gasteiger partial charge >= 0.3 is 0 Å². The summed E-state index contributed by atoms with van der Waals surface area (Å²) in [6.45, 7) is 3.39. The second-order valence-electron chi connectivity index (χ2n) is 10.3. The van der Waals surface area contributed by atoms with Crippen LogP contribution in [0.3, 0.4) is 0 Å². The molecule has 0 aromatic heterocycles. The normalized spacial score (nSPS) is 14.8. The second kappa shape index (κ2) is 13.4. The van der Waals surface area contributed by atoms with Crippen LogP contribution < -0.4 is 15.5 Å². The highest BCUT2D eigenvalue weighted by molar-refractivity contribution is 8.00. The zero-order valence-corrected chi connectivity index (χ0v) is 24.9. The first kappa shape index (κ1) is 30.2. The minimum atomic E-state index is -0.650. The minimum Gasteiger partial charge on any atom is -0.321 e. The van der Waals surface area contributed by atoms with Gasteiger partial charge in [0.05, 0.1) is 10.9 Å². The highest BCUT2D eigenvalue weighted by Crippen LogP contribution is 2.35. The summed E-state index contributed by atoms with van der Waals surface area (Å²) in [7, 11) is 0. The van der Waals surface area contributed by atoms with Crippen LogP contribution >= 0.6 is 11.8 Å². The molecular formula is C35H29N3O5S. The van der Waals surface area contributed by atoms with E-state index in [2.05, 4.69) is 10.6 Å². The van der Waals surface area contributed by atoms with E-state index in [9.17, 15) is 24.0 Å². The number of hydrogen-bond acceptors (Lipinski definition) is 6. The predicted octanol–water partition coefficient (Wildman–Crippen LogP) is 6.03. The van der Waals surface area contributed by atoms with Crippen LogP contribution in [0.15, 0.2) is 114 Å². The van der Waals surface area contributed by atoms with E-state index in [0.29, 0.717) is 27.4 Å². The van der Waals surface area contributed by atoms with E-state index >= 15 is 0 Å². The lowest BCUT2D eigenvalue weighted by molar-refractivity contribution is -0.121. The molecule has 0 unspecified atom stereocenters. The molecule has 8 nitrogen and oxygen atoms in total. The average molecular weight is 604 g/mol. The van der Waals surface area contributed by atoms with Crippen molar-refractivity contribution in [1.29, 1.82) is 0 Å². The van der Waals surface area contributed by atoms with Crippen molar-refractivity contribution in [2.45, 2.75) is 30.4 Å². The number of thioether (sulfide) groups is 1. The number of imide groups is 1. The Kier molecular flexibility index (Phi) is 9.16. The van der Waals surface area contributed by atoms with Gasteiger partial charge in [0.15, 0.2) is 5.78 Å². The highest BCUT2D eigenvalue weighted by Gasteiger charge is 2.40. The summed E-state index contributed by atoms with van der Waals surface area (Å²) >= 11 is 1.23. The molecule has 0 spiro atoms. The Balaban J connectivity index is 1.31. The molecule has 4 amide bonds. The number of nitrogens with one attached hydrogen (secondary N) is 2. The number of amides is 4. The molecule has 4 aromatic carbocycles. The van der Waals surface area contributed by atoms with Crippen molar-refractivity contribution >= 4 is 58.6 Å². The topological polar surface area (TPSA) is 113 Å². The van der Waals surface area contributed by atoms with Gasteiger partial charge in [0.25, 0.3) is 11.8 Å². The fourth-order valence-electron chi connectivity index (χ4n) is 4.69. The molecule has 2 N–H and O–H groups in total. The van der Waals surface area contributed by atoms with Gasteiger partial charge in [0.1, 0.15) is 5.70 Å². The van der Waals surface area contributed by atoms with Gasteiger partial charge in [-0.3, -0.25) is 24.0 Å². The molecular weight excluding hydrogens is 574 g/mol. The van der Waals surface area contributed by atoms with Crippen molar-refractivity contribution in [3.8, 4) is 0 Å². The Morgan fingerprint density at radius 2 is 1.57 bits per heavy atom. The molecule has 0 saturated carbocycles. The molecule has 5 rings (SSSR count). The van der Waals surface area contributed by atoms with Crippen LogP contribution in [0, 0.1) is 6.92 Å². The van der Waals surface area contributed by atoms with Crippen LogP contribution in [0.5, 0.6) is 0 Å². The first-order valence-corrected chi connectivity index (χ1v) is 14.8. The number of ketones is 1. The molecule has 1 fully saturated rings. The van der Waals surface area contributed by atoms with Gasteiger partial charge in [-0.2, -0.15) is 0 Å². The zero-order valence-electron chi connectivity index (χ0n) is 24.1. The minimum absolute atomic E-state index is 0.0173. The quantitative estimate of drug-likeness (QED) is 0.137. The van der Waals surface area contributed by atoms with Crippen molar-refractivity contribution in [2.24, 2.45) is 0 Å². The van der Waals surface area contributed by atoms with Crippen LogP contribution in [0.2, 0.25) is 0 Å². The van der Waals surface area contributed by atoms with Gasteiger partial charge in [0, 0.05) is 28.1 Å². The third kappa shape index (κ3) is 7.19. The predicted molar refractivity (Wildman–Crippen MR) is 171 cm³/mol. The van der Waals surface area contributed by atoms with Gasteiger partial charge in [-0.15, -0.1) is 11.8 Å². The average Bonchev–Trinajstić information content (AvgIpc) is 3.29. The fraction of sp³-hybridized carbons (Fsp3) is 0.114. The maximum atomic E-state index is 13.5. The van der Waals surface area contributed by atoms with Crippen molar-refractivity contribution in [3.63, 3.8) is 0 Å². The summed E-state index contributed by atoms with van der Waals surface area (Å²) in [5.41, 5.74) is 3.59. The number of benzene rings is 4. The van der Waals surface area contributed by atoms with Crippen LogP contribution in [0.1, 0.15) is 45.2 Å². The van der Waals surface area contributed by atoms with Crippen molar-refractivity contribution in [1.82, 2.24) is 5.32 Å². The van der Waals surface area contributed by atoms with E-state index in [1.807, 2.05) is 31.2 Å². The number of nitrogens with zero attached hydrogens (tertiary/aromatic N) is 1.